The molecule has 0 radical (unpaired) electrons. The zero-order valence-corrected chi connectivity index (χ0v) is 19.3. The predicted octanol–water partition coefficient (Wildman–Crippen LogP) is 7.86. The summed E-state index contributed by atoms with van der Waals surface area (Å²) in [7, 11) is 0. The maximum atomic E-state index is 3.61. The second-order valence-corrected chi connectivity index (χ2v) is 8.46. The third-order valence-electron chi connectivity index (χ3n) is 5.43. The van der Waals surface area contributed by atoms with Gasteiger partial charge in [-0.2, -0.15) is 0 Å². The first-order chi connectivity index (χ1) is 16.1. The number of hydrogen-bond acceptors (Lipinski definition) is 4. The molecule has 168 valence electrons. The molecule has 2 unspecified atom stereocenters. The largest absolute Gasteiger partial charge is 0.383 e. The summed E-state index contributed by atoms with van der Waals surface area (Å²) in [6.45, 7) is 4.45. The van der Waals surface area contributed by atoms with Crippen LogP contribution in [0.3, 0.4) is 0 Å². The van der Waals surface area contributed by atoms with E-state index in [0.29, 0.717) is 12.1 Å². The highest BCUT2D eigenvalue weighted by atomic mass is 15.0. The summed E-state index contributed by atoms with van der Waals surface area (Å²) >= 11 is 0. The topological polar surface area (TPSA) is 48.1 Å². The van der Waals surface area contributed by atoms with Gasteiger partial charge in [0.1, 0.15) is 0 Å². The van der Waals surface area contributed by atoms with Gasteiger partial charge in [-0.15, -0.1) is 0 Å². The highest BCUT2D eigenvalue weighted by Crippen LogP contribution is 2.21. The van der Waals surface area contributed by atoms with E-state index in [0.717, 1.165) is 40.5 Å². The van der Waals surface area contributed by atoms with Gasteiger partial charge in [-0.25, -0.2) is 0 Å². The van der Waals surface area contributed by atoms with Gasteiger partial charge in [0.2, 0.25) is 0 Å². The Balaban J connectivity index is 1.23. The number of hydrogen-bond donors (Lipinski definition) is 4. The average molecular weight is 437 g/mol. The van der Waals surface area contributed by atoms with E-state index in [-0.39, 0.29) is 0 Å². The molecule has 0 bridgehead atoms. The van der Waals surface area contributed by atoms with Gasteiger partial charge < -0.3 is 21.3 Å². The highest BCUT2D eigenvalue weighted by Gasteiger charge is 2.09. The molecule has 0 aromatic heterocycles. The van der Waals surface area contributed by atoms with E-state index in [1.807, 2.05) is 36.4 Å². The normalized spacial score (nSPS) is 12.4. The van der Waals surface area contributed by atoms with Gasteiger partial charge in [-0.1, -0.05) is 36.4 Å². The van der Waals surface area contributed by atoms with E-state index in [1.165, 1.54) is 0 Å². The summed E-state index contributed by atoms with van der Waals surface area (Å²) in [5.41, 5.74) is 6.61. The Morgan fingerprint density at radius 1 is 0.424 bits per heavy atom. The minimum absolute atomic E-state index is 0.347. The Morgan fingerprint density at radius 2 is 0.727 bits per heavy atom. The van der Waals surface area contributed by atoms with Crippen molar-refractivity contribution in [1.82, 2.24) is 0 Å². The van der Waals surface area contributed by atoms with Crippen LogP contribution in [0.15, 0.2) is 109 Å². The van der Waals surface area contributed by atoms with Crippen LogP contribution < -0.4 is 21.3 Å². The second-order valence-electron chi connectivity index (χ2n) is 8.46. The molecule has 4 nitrogen and oxygen atoms in total. The Labute approximate surface area is 197 Å². The summed E-state index contributed by atoms with van der Waals surface area (Å²) in [5, 5.41) is 14.1. The Kier molecular flexibility index (Phi) is 7.49. The number of para-hydroxylation sites is 2. The fraction of sp³-hybridized carbons (Fsp3) is 0.172. The minimum Gasteiger partial charge on any atom is -0.383 e. The average Bonchev–Trinajstić information content (AvgIpc) is 2.83. The van der Waals surface area contributed by atoms with Gasteiger partial charge in [-0.3, -0.25) is 0 Å². The van der Waals surface area contributed by atoms with E-state index in [9.17, 15) is 0 Å². The van der Waals surface area contributed by atoms with Crippen molar-refractivity contribution >= 4 is 34.1 Å². The van der Waals surface area contributed by atoms with Crippen LogP contribution in [0.2, 0.25) is 0 Å². The first-order valence-electron chi connectivity index (χ1n) is 11.5. The lowest BCUT2D eigenvalue weighted by Gasteiger charge is -2.22. The first kappa shape index (κ1) is 22.3. The molecule has 0 aliphatic heterocycles. The molecular weight excluding hydrogens is 404 g/mol. The zero-order valence-electron chi connectivity index (χ0n) is 19.3. The summed E-state index contributed by atoms with van der Waals surface area (Å²) in [4.78, 5) is 0. The highest BCUT2D eigenvalue weighted by molar-refractivity contribution is 5.63. The molecule has 2 atom stereocenters. The van der Waals surface area contributed by atoms with Gasteiger partial charge in [0.25, 0.3) is 0 Å². The monoisotopic (exact) mass is 436 g/mol. The Bertz CT molecular complexity index is 1000. The van der Waals surface area contributed by atoms with Crippen molar-refractivity contribution < 1.29 is 0 Å². The van der Waals surface area contributed by atoms with Crippen LogP contribution in [0.4, 0.5) is 34.1 Å². The van der Waals surface area contributed by atoms with Gasteiger partial charge in [0, 0.05) is 46.2 Å². The summed E-state index contributed by atoms with van der Waals surface area (Å²) in [6.07, 6.45) is 1.01. The van der Waals surface area contributed by atoms with Crippen LogP contribution in [0, 0.1) is 0 Å². The first-order valence-corrected chi connectivity index (χ1v) is 11.5. The molecule has 0 saturated carbocycles. The zero-order chi connectivity index (χ0) is 22.9. The van der Waals surface area contributed by atoms with Gasteiger partial charge in [0.15, 0.2) is 0 Å². The Hall–Kier alpha value is -3.92. The molecule has 0 amide bonds. The van der Waals surface area contributed by atoms with Crippen LogP contribution in [0.25, 0.3) is 0 Å². The lowest BCUT2D eigenvalue weighted by atomic mass is 10.1. The van der Waals surface area contributed by atoms with E-state index < -0.39 is 0 Å². The second kappa shape index (κ2) is 11.1. The van der Waals surface area contributed by atoms with Gasteiger partial charge in [-0.05, 0) is 93.1 Å². The molecule has 0 aliphatic rings. The van der Waals surface area contributed by atoms with Crippen molar-refractivity contribution in [3.05, 3.63) is 109 Å². The van der Waals surface area contributed by atoms with Crippen molar-refractivity contribution in [3.8, 4) is 0 Å². The molecule has 0 saturated heterocycles. The van der Waals surface area contributed by atoms with Crippen LogP contribution in [0.1, 0.15) is 20.3 Å². The van der Waals surface area contributed by atoms with Crippen LogP contribution in [-0.2, 0) is 0 Å². The third kappa shape index (κ3) is 7.04. The van der Waals surface area contributed by atoms with Gasteiger partial charge in [0.05, 0.1) is 0 Å². The minimum atomic E-state index is 0.347. The fourth-order valence-corrected chi connectivity index (χ4v) is 3.89. The van der Waals surface area contributed by atoms with E-state index >= 15 is 0 Å². The van der Waals surface area contributed by atoms with E-state index in [2.05, 4.69) is 108 Å². The molecular formula is C29H32N4. The smallest absolute Gasteiger partial charge is 0.0385 e. The summed E-state index contributed by atoms with van der Waals surface area (Å²) in [6, 6.07) is 38.0. The quantitative estimate of drug-likeness (QED) is 0.204. The Morgan fingerprint density at radius 3 is 1.09 bits per heavy atom. The molecule has 4 aromatic carbocycles. The SMILES string of the molecule is CC(CC(C)Nc1ccc(Nc2ccccc2)cc1)Nc1ccc(Nc2ccccc2)cc1. The van der Waals surface area contributed by atoms with Crippen LogP contribution in [-0.4, -0.2) is 12.1 Å². The molecule has 4 aromatic rings. The van der Waals surface area contributed by atoms with Gasteiger partial charge >= 0.3 is 0 Å². The molecule has 4 N–H and O–H groups in total. The van der Waals surface area contributed by atoms with Crippen molar-refractivity contribution in [2.75, 3.05) is 21.3 Å². The molecule has 4 rings (SSSR count). The standard InChI is InChI=1S/C29H32N4/c1-22(30-26-13-17-28(18-14-26)32-24-9-5-3-6-10-24)21-23(2)31-27-15-19-29(20-16-27)33-25-11-7-4-8-12-25/h3-20,22-23,30-33H,21H2,1-2H3. The molecule has 0 aliphatic carbocycles. The predicted molar refractivity (Wildman–Crippen MR) is 143 cm³/mol. The molecule has 0 fully saturated rings. The van der Waals surface area contributed by atoms with Crippen LogP contribution >= 0.6 is 0 Å². The van der Waals surface area contributed by atoms with Crippen molar-refractivity contribution in [3.63, 3.8) is 0 Å². The molecule has 33 heavy (non-hydrogen) atoms. The van der Waals surface area contributed by atoms with Crippen molar-refractivity contribution in [2.24, 2.45) is 0 Å². The van der Waals surface area contributed by atoms with Crippen LogP contribution in [0.5, 0.6) is 0 Å². The fourth-order valence-electron chi connectivity index (χ4n) is 3.89. The molecule has 0 spiro atoms. The molecule has 0 heterocycles. The summed E-state index contributed by atoms with van der Waals surface area (Å²) in [5.74, 6) is 0. The molecule has 4 heteroatoms. The van der Waals surface area contributed by atoms with E-state index in [1.54, 1.807) is 0 Å². The number of nitrogens with one attached hydrogen (secondary N) is 4. The van der Waals surface area contributed by atoms with Crippen molar-refractivity contribution in [1.29, 1.82) is 0 Å². The lowest BCUT2D eigenvalue weighted by Crippen LogP contribution is -2.25. The third-order valence-corrected chi connectivity index (χ3v) is 5.43. The van der Waals surface area contributed by atoms with E-state index in [4.69, 9.17) is 0 Å². The maximum absolute atomic E-state index is 3.61. The number of benzene rings is 4. The maximum Gasteiger partial charge on any atom is 0.0385 e. The lowest BCUT2D eigenvalue weighted by molar-refractivity contribution is 0.634. The van der Waals surface area contributed by atoms with Crippen molar-refractivity contribution in [2.45, 2.75) is 32.4 Å². The number of anilines is 6. The number of rotatable bonds is 10. The summed E-state index contributed by atoms with van der Waals surface area (Å²) < 4.78 is 0.